The third kappa shape index (κ3) is 4.98. The number of benzene rings is 2. The smallest absolute Gasteiger partial charge is 0.371 e. The van der Waals surface area contributed by atoms with Gasteiger partial charge in [-0.05, 0) is 31.0 Å². The zero-order valence-corrected chi connectivity index (χ0v) is 21.2. The largest absolute Gasteiger partial charge is 0.508 e. The standard InChI is InChI=1S/C26H30N8O4/c1-37-17-11-15(12-18(13-17)38-2)29-24-21(22(28)36)25-31-23(14-6-5-7-16(35)10-14)33-34(25)26(32-24)30-20-9-4-3-8-19(20)27/h5-7,10-13,19-20H,3-4,8-9,27H2,1-2H3,(H5,28,29,30,31,32,33,35,36)/p+1/t19-,20+/m0/s1. The molecule has 0 radical (unpaired) electrons. The second kappa shape index (κ2) is 10.4. The molecule has 0 spiro atoms. The first kappa shape index (κ1) is 25.1. The molecule has 2 heterocycles. The molecule has 12 heteroatoms. The Morgan fingerprint density at radius 1 is 1.11 bits per heavy atom. The fraction of sp³-hybridized carbons (Fsp3) is 0.308. The molecule has 12 nitrogen and oxygen atoms in total. The summed E-state index contributed by atoms with van der Waals surface area (Å²) < 4.78 is 12.3. The Kier molecular flexibility index (Phi) is 6.88. The monoisotopic (exact) mass is 519 g/mol. The maximum absolute atomic E-state index is 12.8. The number of aromatic hydroxyl groups is 1. The molecule has 5 rings (SSSR count). The van der Waals surface area contributed by atoms with Gasteiger partial charge in [0.25, 0.3) is 11.6 Å². The molecule has 0 bridgehead atoms. The van der Waals surface area contributed by atoms with E-state index in [1.165, 1.54) is 0 Å². The summed E-state index contributed by atoms with van der Waals surface area (Å²) in [6, 6.07) is 11.8. The molecule has 2 aromatic carbocycles. The van der Waals surface area contributed by atoms with E-state index in [9.17, 15) is 9.90 Å². The van der Waals surface area contributed by atoms with Gasteiger partial charge in [0.1, 0.15) is 17.2 Å². The van der Waals surface area contributed by atoms with Crippen molar-refractivity contribution in [2.24, 2.45) is 11.5 Å². The zero-order chi connectivity index (χ0) is 26.8. The number of carbonyl (C=O) groups is 1. The van der Waals surface area contributed by atoms with Gasteiger partial charge in [0.05, 0.1) is 20.3 Å². The lowest BCUT2D eigenvalue weighted by molar-refractivity contribution is -0.564. The fourth-order valence-corrected chi connectivity index (χ4v) is 4.70. The van der Waals surface area contributed by atoms with Crippen molar-refractivity contribution in [2.45, 2.75) is 37.8 Å². The van der Waals surface area contributed by atoms with Crippen LogP contribution in [-0.2, 0) is 0 Å². The number of aromatic amines is 1. The number of phenols is 1. The van der Waals surface area contributed by atoms with E-state index in [-0.39, 0.29) is 34.9 Å². The van der Waals surface area contributed by atoms with Gasteiger partial charge in [-0.25, -0.2) is 5.10 Å². The van der Waals surface area contributed by atoms with Crippen molar-refractivity contribution in [3.8, 4) is 28.6 Å². The van der Waals surface area contributed by atoms with E-state index in [1.54, 1.807) is 61.2 Å². The van der Waals surface area contributed by atoms with Gasteiger partial charge in [-0.2, -0.15) is 0 Å². The quantitative estimate of drug-likeness (QED) is 0.191. The average Bonchev–Trinajstić information content (AvgIpc) is 3.35. The maximum Gasteiger partial charge on any atom is 0.371 e. The van der Waals surface area contributed by atoms with E-state index in [0.717, 1.165) is 25.7 Å². The first-order chi connectivity index (χ1) is 18.4. The van der Waals surface area contributed by atoms with Crippen LogP contribution in [0.1, 0.15) is 36.0 Å². The summed E-state index contributed by atoms with van der Waals surface area (Å²) in [4.78, 5) is 22.2. The highest BCUT2D eigenvalue weighted by Crippen LogP contribution is 2.30. The van der Waals surface area contributed by atoms with Crippen molar-refractivity contribution in [2.75, 3.05) is 24.9 Å². The van der Waals surface area contributed by atoms with Crippen LogP contribution >= 0.6 is 0 Å². The first-order valence-electron chi connectivity index (χ1n) is 12.3. The Bertz CT molecular complexity index is 1470. The van der Waals surface area contributed by atoms with Crippen LogP contribution in [-0.4, -0.2) is 52.4 Å². The van der Waals surface area contributed by atoms with E-state index in [2.05, 4.69) is 20.7 Å². The Labute approximate surface area is 219 Å². The number of hydrogen-bond acceptors (Lipinski definition) is 9. The number of amides is 1. The highest BCUT2D eigenvalue weighted by atomic mass is 16.5. The number of aromatic nitrogens is 4. The number of H-pyrrole nitrogens is 1. The predicted octanol–water partition coefficient (Wildman–Crippen LogP) is 2.46. The Balaban J connectivity index is 1.68. The number of ether oxygens (including phenoxy) is 2. The van der Waals surface area contributed by atoms with Crippen molar-refractivity contribution >= 4 is 29.0 Å². The molecule has 0 aliphatic heterocycles. The number of methoxy groups -OCH3 is 2. The lowest BCUT2D eigenvalue weighted by Crippen LogP contribution is -2.46. The van der Waals surface area contributed by atoms with Crippen LogP contribution in [0.3, 0.4) is 0 Å². The molecule has 2 aromatic heterocycles. The molecule has 38 heavy (non-hydrogen) atoms. The Morgan fingerprint density at radius 3 is 2.50 bits per heavy atom. The average molecular weight is 520 g/mol. The summed E-state index contributed by atoms with van der Waals surface area (Å²) in [5.41, 5.74) is 13.8. The van der Waals surface area contributed by atoms with E-state index < -0.39 is 5.91 Å². The van der Waals surface area contributed by atoms with Gasteiger partial charge < -0.3 is 31.4 Å². The van der Waals surface area contributed by atoms with Gasteiger partial charge in [0.15, 0.2) is 5.56 Å². The number of carbonyl (C=O) groups excluding carboxylic acids is 1. The number of fused-ring (bicyclic) bond motifs is 1. The fourth-order valence-electron chi connectivity index (χ4n) is 4.70. The summed E-state index contributed by atoms with van der Waals surface area (Å²) in [6.07, 6.45) is 3.90. The van der Waals surface area contributed by atoms with Crippen LogP contribution in [0, 0.1) is 0 Å². The SMILES string of the molecule is COc1cc(Nc2nc(N[C@@H]3CCCC[C@@H]3N)[n+]3[nH]c(-c4cccc(O)c4)nc3c2C(N)=O)cc(OC)c1. The predicted molar refractivity (Wildman–Crippen MR) is 142 cm³/mol. The third-order valence-electron chi connectivity index (χ3n) is 6.65. The molecule has 1 aliphatic carbocycles. The number of rotatable bonds is 8. The number of hydrogen-bond donors (Lipinski definition) is 6. The maximum atomic E-state index is 12.8. The summed E-state index contributed by atoms with van der Waals surface area (Å²) >= 11 is 0. The highest BCUT2D eigenvalue weighted by molar-refractivity contribution is 6.03. The molecule has 8 N–H and O–H groups in total. The molecular weight excluding hydrogens is 488 g/mol. The Hall–Kier alpha value is -4.58. The topological polar surface area (TPSA) is 178 Å². The normalized spacial score (nSPS) is 17.2. The van der Waals surface area contributed by atoms with Gasteiger partial charge in [0.2, 0.25) is 11.6 Å². The molecule has 1 amide bonds. The minimum absolute atomic E-state index is 0.0244. The first-order valence-corrected chi connectivity index (χ1v) is 12.3. The minimum atomic E-state index is -0.720. The molecule has 1 fully saturated rings. The van der Waals surface area contributed by atoms with Crippen LogP contribution in [0.4, 0.5) is 17.5 Å². The number of phenolic OH excluding ortho intramolecular Hbond substituents is 1. The van der Waals surface area contributed by atoms with Gasteiger partial charge in [-0.1, -0.05) is 23.9 Å². The van der Waals surface area contributed by atoms with E-state index >= 15 is 0 Å². The lowest BCUT2D eigenvalue weighted by atomic mass is 9.91. The number of primary amides is 1. The number of nitrogens with two attached hydrogens (primary N) is 2. The number of anilines is 3. The number of nitrogens with one attached hydrogen (secondary N) is 3. The molecular formula is C26H31N8O4+. The molecule has 1 aliphatic rings. The Morgan fingerprint density at radius 2 is 1.84 bits per heavy atom. The second-order valence-corrected chi connectivity index (χ2v) is 9.23. The summed E-state index contributed by atoms with van der Waals surface area (Å²) in [6.45, 7) is 0. The van der Waals surface area contributed by atoms with Crippen LogP contribution < -0.4 is 36.1 Å². The summed E-state index contributed by atoms with van der Waals surface area (Å²) in [5.74, 6) is 1.50. The molecule has 198 valence electrons. The van der Waals surface area contributed by atoms with Crippen molar-refractivity contribution in [1.29, 1.82) is 0 Å². The second-order valence-electron chi connectivity index (χ2n) is 9.23. The van der Waals surface area contributed by atoms with Crippen LogP contribution in [0.25, 0.3) is 17.0 Å². The number of nitrogens with zero attached hydrogens (tertiary/aromatic N) is 3. The van der Waals surface area contributed by atoms with Crippen molar-refractivity contribution in [3.63, 3.8) is 0 Å². The van der Waals surface area contributed by atoms with Gasteiger partial charge >= 0.3 is 5.95 Å². The molecule has 1 saturated carbocycles. The van der Waals surface area contributed by atoms with Gasteiger partial charge in [-0.3, -0.25) is 10.1 Å². The molecule has 2 atom stereocenters. The zero-order valence-electron chi connectivity index (χ0n) is 21.2. The van der Waals surface area contributed by atoms with Crippen molar-refractivity contribution < 1.29 is 23.9 Å². The summed E-state index contributed by atoms with van der Waals surface area (Å²) in [5, 5.41) is 19.8. The van der Waals surface area contributed by atoms with Crippen molar-refractivity contribution in [3.05, 3.63) is 48.0 Å². The molecule has 0 unspecified atom stereocenters. The highest BCUT2D eigenvalue weighted by Gasteiger charge is 2.32. The molecule has 4 aromatic rings. The lowest BCUT2D eigenvalue weighted by Gasteiger charge is -2.27. The van der Waals surface area contributed by atoms with Crippen LogP contribution in [0.15, 0.2) is 42.5 Å². The van der Waals surface area contributed by atoms with Crippen molar-refractivity contribution in [1.82, 2.24) is 15.1 Å². The van der Waals surface area contributed by atoms with Crippen LogP contribution in [0.5, 0.6) is 17.2 Å². The minimum Gasteiger partial charge on any atom is -0.508 e. The van der Waals surface area contributed by atoms with E-state index in [0.29, 0.717) is 34.5 Å². The van der Waals surface area contributed by atoms with E-state index in [1.807, 2.05) is 0 Å². The third-order valence-corrected chi connectivity index (χ3v) is 6.65. The van der Waals surface area contributed by atoms with E-state index in [4.69, 9.17) is 25.9 Å². The molecule has 0 saturated heterocycles. The van der Waals surface area contributed by atoms with Crippen LogP contribution in [0.2, 0.25) is 0 Å². The van der Waals surface area contributed by atoms with Gasteiger partial charge in [0, 0.05) is 35.5 Å². The van der Waals surface area contributed by atoms with Gasteiger partial charge in [-0.15, -0.1) is 9.50 Å². The summed E-state index contributed by atoms with van der Waals surface area (Å²) in [7, 11) is 3.10.